The number of likely N-dealkylation sites (N-methyl/N-ethyl adjacent to an activating group) is 1. The van der Waals surface area contributed by atoms with Gasteiger partial charge in [-0.05, 0) is 45.9 Å². The predicted octanol–water partition coefficient (Wildman–Crippen LogP) is 2.40. The van der Waals surface area contributed by atoms with Crippen molar-refractivity contribution in [3.8, 4) is 11.5 Å². The van der Waals surface area contributed by atoms with E-state index in [4.69, 9.17) is 9.47 Å². The molecule has 2 amide bonds. The van der Waals surface area contributed by atoms with Crippen molar-refractivity contribution in [2.45, 2.75) is 46.3 Å². The lowest BCUT2D eigenvalue weighted by Gasteiger charge is -2.16. The van der Waals surface area contributed by atoms with Crippen molar-refractivity contribution in [3.05, 3.63) is 29.3 Å². The van der Waals surface area contributed by atoms with Crippen molar-refractivity contribution in [2.75, 3.05) is 20.2 Å². The Bertz CT molecular complexity index is 697. The third kappa shape index (κ3) is 5.25. The Balaban J connectivity index is 2.10. The van der Waals surface area contributed by atoms with E-state index in [1.807, 2.05) is 39.8 Å². The number of hydrogen-bond donors (Lipinski definition) is 1. The fourth-order valence-electron chi connectivity index (χ4n) is 2.82. The summed E-state index contributed by atoms with van der Waals surface area (Å²) in [4.78, 5) is 25.4. The molecule has 0 bridgehead atoms. The zero-order chi connectivity index (χ0) is 19.3. The zero-order valence-corrected chi connectivity index (χ0v) is 16.2. The molecule has 142 valence electrons. The van der Waals surface area contributed by atoms with Crippen molar-refractivity contribution in [1.82, 2.24) is 10.2 Å². The van der Waals surface area contributed by atoms with Crippen LogP contribution in [0.1, 0.15) is 38.8 Å². The summed E-state index contributed by atoms with van der Waals surface area (Å²) in [5, 5.41) is 2.77. The third-order valence-electron chi connectivity index (χ3n) is 3.94. The lowest BCUT2D eigenvalue weighted by atomic mass is 10.1. The number of amides is 2. The summed E-state index contributed by atoms with van der Waals surface area (Å²) in [6.07, 6.45) is 4.15. The minimum atomic E-state index is -0.249. The smallest absolute Gasteiger partial charge is 0.246 e. The molecule has 0 radical (unpaired) electrons. The molecule has 1 aliphatic heterocycles. The van der Waals surface area contributed by atoms with Crippen LogP contribution in [0, 0.1) is 0 Å². The van der Waals surface area contributed by atoms with E-state index in [1.165, 1.54) is 11.0 Å². The van der Waals surface area contributed by atoms with Crippen LogP contribution in [0.2, 0.25) is 0 Å². The minimum Gasteiger partial charge on any atom is -0.493 e. The number of benzene rings is 1. The Labute approximate surface area is 155 Å². The van der Waals surface area contributed by atoms with Gasteiger partial charge in [-0.1, -0.05) is 0 Å². The summed E-state index contributed by atoms with van der Waals surface area (Å²) in [7, 11) is 1.60. The molecule has 0 aromatic heterocycles. The second-order valence-electron chi connectivity index (χ2n) is 6.81. The first-order chi connectivity index (χ1) is 12.3. The summed E-state index contributed by atoms with van der Waals surface area (Å²) in [6.45, 7) is 8.27. The number of ether oxygens (including phenoxy) is 2. The summed E-state index contributed by atoms with van der Waals surface area (Å²) in [5.74, 6) is 1.13. The van der Waals surface area contributed by atoms with Crippen LogP contribution >= 0.6 is 0 Å². The van der Waals surface area contributed by atoms with Gasteiger partial charge in [0.2, 0.25) is 11.8 Å². The van der Waals surface area contributed by atoms with E-state index < -0.39 is 0 Å². The molecule has 1 aromatic carbocycles. The predicted molar refractivity (Wildman–Crippen MR) is 101 cm³/mol. The Kier molecular flexibility index (Phi) is 6.66. The summed E-state index contributed by atoms with van der Waals surface area (Å²) < 4.78 is 11.5. The Hall–Kier alpha value is -2.50. The first-order valence-electron chi connectivity index (χ1n) is 8.99. The van der Waals surface area contributed by atoms with Gasteiger partial charge in [0.15, 0.2) is 0 Å². The standard InChI is InChI=1S/C20H28N2O4/c1-6-25-17-11-16-9-14(4)26-18(16)10-15(17)7-8-20(24)22(5)12-19(23)21-13(2)3/h7-8,10-11,13-14H,6,9,12H2,1-5H3,(H,21,23)/b8-7+/t14-/m0/s1. The van der Waals surface area contributed by atoms with Crippen LogP contribution in [0.15, 0.2) is 18.2 Å². The largest absolute Gasteiger partial charge is 0.493 e. The summed E-state index contributed by atoms with van der Waals surface area (Å²) in [5.41, 5.74) is 1.90. The lowest BCUT2D eigenvalue weighted by Crippen LogP contribution is -2.40. The highest BCUT2D eigenvalue weighted by atomic mass is 16.5. The van der Waals surface area contributed by atoms with Gasteiger partial charge in [0.05, 0.1) is 13.2 Å². The van der Waals surface area contributed by atoms with Crippen LogP contribution in [-0.4, -0.2) is 49.1 Å². The van der Waals surface area contributed by atoms with Crippen LogP contribution in [0.4, 0.5) is 0 Å². The van der Waals surface area contributed by atoms with Crippen LogP contribution < -0.4 is 14.8 Å². The molecule has 1 atom stereocenters. The third-order valence-corrected chi connectivity index (χ3v) is 3.94. The fourth-order valence-corrected chi connectivity index (χ4v) is 2.82. The van der Waals surface area contributed by atoms with Crippen molar-refractivity contribution in [2.24, 2.45) is 0 Å². The number of rotatable bonds is 7. The molecule has 0 fully saturated rings. The minimum absolute atomic E-state index is 0.0183. The van der Waals surface area contributed by atoms with Gasteiger partial charge >= 0.3 is 0 Å². The van der Waals surface area contributed by atoms with Gasteiger partial charge in [0.25, 0.3) is 0 Å². The maximum absolute atomic E-state index is 12.3. The Morgan fingerprint density at radius 1 is 1.42 bits per heavy atom. The molecule has 1 N–H and O–H groups in total. The molecule has 6 nitrogen and oxygen atoms in total. The molecule has 0 unspecified atom stereocenters. The molecule has 1 aliphatic rings. The monoisotopic (exact) mass is 360 g/mol. The van der Waals surface area contributed by atoms with E-state index in [0.29, 0.717) is 6.61 Å². The number of carbonyl (C=O) groups is 2. The number of carbonyl (C=O) groups excluding carboxylic acids is 2. The van der Waals surface area contributed by atoms with E-state index >= 15 is 0 Å². The summed E-state index contributed by atoms with van der Waals surface area (Å²) in [6, 6.07) is 3.93. The first kappa shape index (κ1) is 19.8. The maximum atomic E-state index is 12.3. The molecular weight excluding hydrogens is 332 g/mol. The van der Waals surface area contributed by atoms with Gasteiger partial charge < -0.3 is 19.7 Å². The second kappa shape index (κ2) is 8.74. The molecule has 1 heterocycles. The van der Waals surface area contributed by atoms with Gasteiger partial charge in [-0.25, -0.2) is 0 Å². The molecule has 0 aliphatic carbocycles. The quantitative estimate of drug-likeness (QED) is 0.758. The highest BCUT2D eigenvalue weighted by Crippen LogP contribution is 2.35. The number of nitrogens with zero attached hydrogens (tertiary/aromatic N) is 1. The molecular formula is C20H28N2O4. The van der Waals surface area contributed by atoms with Crippen molar-refractivity contribution in [3.63, 3.8) is 0 Å². The molecule has 0 saturated carbocycles. The molecule has 0 saturated heterocycles. The second-order valence-corrected chi connectivity index (χ2v) is 6.81. The average Bonchev–Trinajstić information content (AvgIpc) is 2.90. The van der Waals surface area contributed by atoms with E-state index in [9.17, 15) is 9.59 Å². The average molecular weight is 360 g/mol. The van der Waals surface area contributed by atoms with Crippen LogP contribution in [0.3, 0.4) is 0 Å². The topological polar surface area (TPSA) is 67.9 Å². The zero-order valence-electron chi connectivity index (χ0n) is 16.2. The van der Waals surface area contributed by atoms with Crippen LogP contribution in [0.25, 0.3) is 6.08 Å². The molecule has 6 heteroatoms. The molecule has 0 spiro atoms. The molecule has 2 rings (SSSR count). The maximum Gasteiger partial charge on any atom is 0.246 e. The molecule has 26 heavy (non-hydrogen) atoms. The van der Waals surface area contributed by atoms with E-state index in [1.54, 1.807) is 13.1 Å². The van der Waals surface area contributed by atoms with Gasteiger partial charge in [-0.15, -0.1) is 0 Å². The Morgan fingerprint density at radius 2 is 2.15 bits per heavy atom. The fraction of sp³-hybridized carbons (Fsp3) is 0.500. The van der Waals surface area contributed by atoms with Crippen LogP contribution in [-0.2, 0) is 16.0 Å². The first-order valence-corrected chi connectivity index (χ1v) is 8.99. The van der Waals surface area contributed by atoms with Gasteiger partial charge in [0, 0.05) is 36.7 Å². The number of hydrogen-bond acceptors (Lipinski definition) is 4. The van der Waals surface area contributed by atoms with Gasteiger partial charge in [-0.2, -0.15) is 0 Å². The molecule has 1 aromatic rings. The lowest BCUT2D eigenvalue weighted by molar-refractivity contribution is -0.131. The normalized spacial score (nSPS) is 15.7. The van der Waals surface area contributed by atoms with Gasteiger partial charge in [0.1, 0.15) is 17.6 Å². The van der Waals surface area contributed by atoms with Crippen molar-refractivity contribution >= 4 is 17.9 Å². The highest BCUT2D eigenvalue weighted by molar-refractivity contribution is 5.94. The Morgan fingerprint density at radius 3 is 2.81 bits per heavy atom. The van der Waals surface area contributed by atoms with Crippen molar-refractivity contribution < 1.29 is 19.1 Å². The number of nitrogens with one attached hydrogen (secondary N) is 1. The van der Waals surface area contributed by atoms with E-state index in [2.05, 4.69) is 5.32 Å². The van der Waals surface area contributed by atoms with Crippen LogP contribution in [0.5, 0.6) is 11.5 Å². The van der Waals surface area contributed by atoms with Gasteiger partial charge in [-0.3, -0.25) is 9.59 Å². The summed E-state index contributed by atoms with van der Waals surface area (Å²) >= 11 is 0. The van der Waals surface area contributed by atoms with E-state index in [0.717, 1.165) is 29.0 Å². The highest BCUT2D eigenvalue weighted by Gasteiger charge is 2.21. The number of fused-ring (bicyclic) bond motifs is 1. The van der Waals surface area contributed by atoms with Crippen molar-refractivity contribution in [1.29, 1.82) is 0 Å². The van der Waals surface area contributed by atoms with E-state index in [-0.39, 0.29) is 30.5 Å². The SMILES string of the molecule is CCOc1cc2c(cc1/C=C/C(=O)N(C)CC(=O)NC(C)C)O[C@@H](C)C2.